The van der Waals surface area contributed by atoms with Crippen LogP contribution in [0.25, 0.3) is 0 Å². The molecule has 0 bridgehead atoms. The van der Waals surface area contributed by atoms with Crippen LogP contribution in [0.3, 0.4) is 0 Å². The number of rotatable bonds is 60. The summed E-state index contributed by atoms with van der Waals surface area (Å²) >= 11 is 0. The summed E-state index contributed by atoms with van der Waals surface area (Å²) in [5.74, 6) is 0.685. The zero-order valence-corrected chi connectivity index (χ0v) is 54.9. The molecule has 486 valence electrons. The van der Waals surface area contributed by atoms with Gasteiger partial charge in [0.25, 0.3) is 0 Å². The van der Waals surface area contributed by atoms with E-state index in [0.29, 0.717) is 37.5 Å². The normalized spacial score (nSPS) is 14.5. The minimum absolute atomic E-state index is 0.103. The standard InChI is InChI=1S/C63H122O17P2/c1-53(2)39-31-23-15-11-9-10-12-17-29-37-45-62(67)79-58(49-73-60(65)43-35-27-21-19-25-33-41-55(5)6)51-77-81(69,70)75-47-57(64)48-76-82(71,72)78-52-59(50-74-61(66)44-36-28-22-20-26-34-42-56(7)8)80-63(68)46-38-30-18-14-13-16-24-32-40-54(3)4/h53-59,64H,9-52H2,1-8H3,(H,69,70)(H,71,72)/t57-,58+,59+/m0/s1. The third-order valence-corrected chi connectivity index (χ3v) is 16.2. The molecular weight excluding hydrogens is 1090 g/mol. The van der Waals surface area contributed by atoms with Crippen LogP contribution in [0.15, 0.2) is 0 Å². The zero-order chi connectivity index (χ0) is 61.1. The van der Waals surface area contributed by atoms with Crippen LogP contribution in [-0.2, 0) is 65.4 Å². The third kappa shape index (κ3) is 57.2. The average Bonchev–Trinajstić information content (AvgIpc) is 3.41. The largest absolute Gasteiger partial charge is 0.472 e. The predicted octanol–water partition coefficient (Wildman–Crippen LogP) is 17.0. The number of carbonyl (C=O) groups excluding carboxylic acids is 4. The molecule has 0 amide bonds. The highest BCUT2D eigenvalue weighted by molar-refractivity contribution is 7.47. The van der Waals surface area contributed by atoms with E-state index in [1.807, 2.05) is 0 Å². The van der Waals surface area contributed by atoms with Gasteiger partial charge in [0.05, 0.1) is 26.4 Å². The summed E-state index contributed by atoms with van der Waals surface area (Å²) in [5, 5.41) is 10.5. The molecule has 0 aromatic rings. The molecule has 0 aromatic carbocycles. The maximum Gasteiger partial charge on any atom is 0.472 e. The van der Waals surface area contributed by atoms with E-state index in [0.717, 1.165) is 115 Å². The molecule has 19 heteroatoms. The van der Waals surface area contributed by atoms with Gasteiger partial charge in [-0.2, -0.15) is 0 Å². The second-order valence-electron chi connectivity index (χ2n) is 24.7. The van der Waals surface area contributed by atoms with E-state index in [1.54, 1.807) is 0 Å². The van der Waals surface area contributed by atoms with Gasteiger partial charge >= 0.3 is 39.5 Å². The molecule has 2 unspecified atom stereocenters. The quantitative estimate of drug-likeness (QED) is 0.0222. The van der Waals surface area contributed by atoms with Crippen LogP contribution in [0, 0.1) is 23.7 Å². The van der Waals surface area contributed by atoms with E-state index in [9.17, 15) is 43.2 Å². The van der Waals surface area contributed by atoms with Crippen molar-refractivity contribution in [1.82, 2.24) is 0 Å². The summed E-state index contributed by atoms with van der Waals surface area (Å²) in [6.07, 6.45) is 32.4. The maximum absolute atomic E-state index is 13.0. The number of carbonyl (C=O) groups is 4. The predicted molar refractivity (Wildman–Crippen MR) is 326 cm³/mol. The van der Waals surface area contributed by atoms with Crippen molar-refractivity contribution in [2.45, 2.75) is 318 Å². The number of ether oxygens (including phenoxy) is 4. The number of aliphatic hydroxyl groups is 1. The molecule has 5 atom stereocenters. The molecule has 0 aliphatic rings. The van der Waals surface area contributed by atoms with Crippen molar-refractivity contribution < 1.29 is 80.2 Å². The van der Waals surface area contributed by atoms with Crippen LogP contribution < -0.4 is 0 Å². The van der Waals surface area contributed by atoms with Gasteiger partial charge in [0, 0.05) is 25.7 Å². The molecule has 0 rings (SSSR count). The molecule has 0 aliphatic carbocycles. The van der Waals surface area contributed by atoms with Gasteiger partial charge in [-0.3, -0.25) is 37.3 Å². The number of hydrogen-bond acceptors (Lipinski definition) is 15. The van der Waals surface area contributed by atoms with Gasteiger partial charge in [0.2, 0.25) is 0 Å². The van der Waals surface area contributed by atoms with E-state index in [2.05, 4.69) is 55.4 Å². The molecular formula is C63H122O17P2. The first-order valence-corrected chi connectivity index (χ1v) is 35.7. The van der Waals surface area contributed by atoms with Crippen LogP contribution in [0.1, 0.15) is 299 Å². The lowest BCUT2D eigenvalue weighted by atomic mass is 10.0. The Morgan fingerprint density at radius 2 is 0.512 bits per heavy atom. The van der Waals surface area contributed by atoms with Gasteiger partial charge in [0.1, 0.15) is 19.3 Å². The maximum atomic E-state index is 13.0. The Kier molecular flexibility index (Phi) is 52.0. The number of esters is 4. The summed E-state index contributed by atoms with van der Waals surface area (Å²) < 4.78 is 67.9. The first-order valence-electron chi connectivity index (χ1n) is 32.7. The summed E-state index contributed by atoms with van der Waals surface area (Å²) in [7, 11) is -9.89. The van der Waals surface area contributed by atoms with E-state index in [4.69, 9.17) is 37.0 Å². The molecule has 0 heterocycles. The minimum Gasteiger partial charge on any atom is -0.462 e. The summed E-state index contributed by atoms with van der Waals surface area (Å²) in [5.41, 5.74) is 0. The zero-order valence-electron chi connectivity index (χ0n) is 53.1. The van der Waals surface area contributed by atoms with E-state index in [-0.39, 0.29) is 25.7 Å². The Morgan fingerprint density at radius 1 is 0.305 bits per heavy atom. The second kappa shape index (κ2) is 53.3. The van der Waals surface area contributed by atoms with Crippen LogP contribution in [0.5, 0.6) is 0 Å². The van der Waals surface area contributed by atoms with Crippen molar-refractivity contribution in [2.75, 3.05) is 39.6 Å². The van der Waals surface area contributed by atoms with Gasteiger partial charge in [-0.25, -0.2) is 9.13 Å². The lowest BCUT2D eigenvalue weighted by molar-refractivity contribution is -0.161. The monoisotopic (exact) mass is 1210 g/mol. The van der Waals surface area contributed by atoms with Crippen LogP contribution in [0.4, 0.5) is 0 Å². The van der Waals surface area contributed by atoms with Gasteiger partial charge in [-0.1, -0.05) is 248 Å². The number of unbranched alkanes of at least 4 members (excludes halogenated alkanes) is 26. The van der Waals surface area contributed by atoms with Crippen LogP contribution >= 0.6 is 15.6 Å². The Balaban J connectivity index is 5.24. The van der Waals surface area contributed by atoms with Crippen LogP contribution in [-0.4, -0.2) is 96.7 Å². The summed E-state index contributed by atoms with van der Waals surface area (Å²) in [4.78, 5) is 72.1. The average molecular weight is 1210 g/mol. The van der Waals surface area contributed by atoms with Gasteiger partial charge in [0.15, 0.2) is 12.2 Å². The Labute approximate surface area is 498 Å². The highest BCUT2D eigenvalue weighted by Crippen LogP contribution is 2.45. The second-order valence-corrected chi connectivity index (χ2v) is 27.6. The fraction of sp³-hybridized carbons (Fsp3) is 0.937. The number of phosphoric ester groups is 2. The SMILES string of the molecule is CC(C)CCCCCCCCCCCCC(=O)O[C@H](COC(=O)CCCCCCCCC(C)C)COP(=O)(O)OC[C@H](O)COP(=O)(O)OC[C@@H](COC(=O)CCCCCCCCC(C)C)OC(=O)CCCCCCCCCCC(C)C. The summed E-state index contributed by atoms with van der Waals surface area (Å²) in [6.45, 7) is 13.9. The fourth-order valence-corrected chi connectivity index (χ4v) is 10.8. The first-order chi connectivity index (χ1) is 39.1. The van der Waals surface area contributed by atoms with Crippen molar-refractivity contribution in [3.63, 3.8) is 0 Å². The molecule has 0 aliphatic heterocycles. The molecule has 0 radical (unpaired) electrons. The van der Waals surface area contributed by atoms with Crippen molar-refractivity contribution in [2.24, 2.45) is 23.7 Å². The van der Waals surface area contributed by atoms with Crippen LogP contribution in [0.2, 0.25) is 0 Å². The highest BCUT2D eigenvalue weighted by atomic mass is 31.2. The molecule has 0 aromatic heterocycles. The van der Waals surface area contributed by atoms with Crippen molar-refractivity contribution in [1.29, 1.82) is 0 Å². The molecule has 3 N–H and O–H groups in total. The highest BCUT2D eigenvalue weighted by Gasteiger charge is 2.30. The Hall–Kier alpha value is -1.94. The van der Waals surface area contributed by atoms with E-state index in [1.165, 1.54) is 89.9 Å². The Bertz CT molecular complexity index is 1640. The van der Waals surface area contributed by atoms with Crippen molar-refractivity contribution in [3.8, 4) is 0 Å². The van der Waals surface area contributed by atoms with Crippen molar-refractivity contribution in [3.05, 3.63) is 0 Å². The number of hydrogen-bond donors (Lipinski definition) is 3. The first kappa shape index (κ1) is 80.1. The van der Waals surface area contributed by atoms with Gasteiger partial charge in [-0.05, 0) is 49.4 Å². The lowest BCUT2D eigenvalue weighted by Crippen LogP contribution is -2.30. The number of aliphatic hydroxyl groups excluding tert-OH is 1. The topological polar surface area (TPSA) is 237 Å². The molecule has 17 nitrogen and oxygen atoms in total. The molecule has 0 fully saturated rings. The number of phosphoric acid groups is 2. The van der Waals surface area contributed by atoms with E-state index < -0.39 is 97.5 Å². The summed E-state index contributed by atoms with van der Waals surface area (Å²) in [6, 6.07) is 0. The third-order valence-electron chi connectivity index (χ3n) is 14.3. The lowest BCUT2D eigenvalue weighted by Gasteiger charge is -2.21. The van der Waals surface area contributed by atoms with Gasteiger partial charge in [-0.15, -0.1) is 0 Å². The van der Waals surface area contributed by atoms with Gasteiger partial charge < -0.3 is 33.8 Å². The fourth-order valence-electron chi connectivity index (χ4n) is 9.25. The molecule has 82 heavy (non-hydrogen) atoms. The Morgan fingerprint density at radius 3 is 0.756 bits per heavy atom. The molecule has 0 saturated carbocycles. The minimum atomic E-state index is -4.94. The smallest absolute Gasteiger partial charge is 0.462 e. The van der Waals surface area contributed by atoms with Crippen molar-refractivity contribution >= 4 is 39.5 Å². The molecule has 0 saturated heterocycles. The van der Waals surface area contributed by atoms with E-state index >= 15 is 0 Å². The molecule has 0 spiro atoms.